The molecule has 1 aromatic carbocycles. The third kappa shape index (κ3) is 2.86. The van der Waals surface area contributed by atoms with Gasteiger partial charge in [0.15, 0.2) is 5.69 Å². The first-order chi connectivity index (χ1) is 12.0. The van der Waals surface area contributed by atoms with Crippen LogP contribution in [0.15, 0.2) is 24.3 Å². The maximum Gasteiger partial charge on any atom is 0.274 e. The Morgan fingerprint density at radius 2 is 2.00 bits per heavy atom. The molecule has 1 saturated heterocycles. The summed E-state index contributed by atoms with van der Waals surface area (Å²) < 4.78 is 1.94. The van der Waals surface area contributed by atoms with Gasteiger partial charge >= 0.3 is 0 Å². The quantitative estimate of drug-likeness (QED) is 0.915. The Morgan fingerprint density at radius 3 is 2.72 bits per heavy atom. The van der Waals surface area contributed by atoms with E-state index < -0.39 is 6.10 Å². The molecular weight excluding hydrogens is 314 g/mol. The molecule has 1 aliphatic heterocycles. The minimum absolute atomic E-state index is 0.0324. The number of hydrogen-bond donors (Lipinski definition) is 1. The van der Waals surface area contributed by atoms with Crippen molar-refractivity contribution in [2.75, 3.05) is 13.1 Å². The molecule has 5 nitrogen and oxygen atoms in total. The normalized spacial score (nSPS) is 22.9. The summed E-state index contributed by atoms with van der Waals surface area (Å²) in [5.74, 6) is 0.217. The number of nitrogens with zero attached hydrogens (tertiary/aromatic N) is 3. The molecule has 0 bridgehead atoms. The number of carbonyl (C=O) groups excluding carboxylic acids is 1. The van der Waals surface area contributed by atoms with E-state index in [1.165, 1.54) is 5.56 Å². The van der Waals surface area contributed by atoms with Crippen molar-refractivity contribution >= 4 is 5.91 Å². The predicted octanol–water partition coefficient (Wildman–Crippen LogP) is 2.51. The standard InChI is InChI=1S/C20H25N3O2/c1-13-6-8-15(9-7-13)23-17-5-3-4-16(17)19(21-23)20(25)22-11-10-14(2)18(24)12-22/h6-9,14,18,24H,3-5,10-12H2,1-2H3. The van der Waals surface area contributed by atoms with Crippen LogP contribution in [0.1, 0.15) is 47.1 Å². The Balaban J connectivity index is 1.68. The number of β-amino-alcohol motifs (C(OH)–C–C–N with tert-alkyl or cyclic N) is 1. The fraction of sp³-hybridized carbons (Fsp3) is 0.500. The van der Waals surface area contributed by atoms with Gasteiger partial charge in [0.1, 0.15) is 0 Å². The van der Waals surface area contributed by atoms with E-state index in [0.29, 0.717) is 18.8 Å². The maximum absolute atomic E-state index is 13.0. The van der Waals surface area contributed by atoms with Crippen LogP contribution in [0.25, 0.3) is 5.69 Å². The van der Waals surface area contributed by atoms with Crippen molar-refractivity contribution in [2.45, 2.75) is 45.6 Å². The third-order valence-corrected chi connectivity index (χ3v) is 5.62. The summed E-state index contributed by atoms with van der Waals surface area (Å²) in [7, 11) is 0. The molecule has 0 radical (unpaired) electrons. The van der Waals surface area contributed by atoms with Gasteiger partial charge in [0.25, 0.3) is 5.91 Å². The van der Waals surface area contributed by atoms with Crippen LogP contribution in [0, 0.1) is 12.8 Å². The second kappa shape index (κ2) is 6.30. The van der Waals surface area contributed by atoms with E-state index in [0.717, 1.165) is 42.6 Å². The molecule has 0 spiro atoms. The lowest BCUT2D eigenvalue weighted by Gasteiger charge is -2.34. The summed E-state index contributed by atoms with van der Waals surface area (Å²) >= 11 is 0. The second-order valence-electron chi connectivity index (χ2n) is 7.46. The number of carbonyl (C=O) groups is 1. The molecule has 0 saturated carbocycles. The highest BCUT2D eigenvalue weighted by Crippen LogP contribution is 2.29. The van der Waals surface area contributed by atoms with Gasteiger partial charge < -0.3 is 10.0 Å². The van der Waals surface area contributed by atoms with Crippen molar-refractivity contribution in [3.05, 3.63) is 46.8 Å². The Hall–Kier alpha value is -2.14. The van der Waals surface area contributed by atoms with Crippen LogP contribution in [0.4, 0.5) is 0 Å². The lowest BCUT2D eigenvalue weighted by molar-refractivity contribution is 0.0244. The number of likely N-dealkylation sites (tertiary alicyclic amines) is 1. The third-order valence-electron chi connectivity index (χ3n) is 5.62. The monoisotopic (exact) mass is 339 g/mol. The van der Waals surface area contributed by atoms with Crippen LogP contribution in [0.2, 0.25) is 0 Å². The van der Waals surface area contributed by atoms with Crippen LogP contribution in [0.5, 0.6) is 0 Å². The molecule has 4 rings (SSSR count). The highest BCUT2D eigenvalue weighted by molar-refractivity contribution is 5.94. The fourth-order valence-electron chi connectivity index (χ4n) is 3.89. The van der Waals surface area contributed by atoms with Gasteiger partial charge in [-0.25, -0.2) is 4.68 Å². The first-order valence-electron chi connectivity index (χ1n) is 9.19. The van der Waals surface area contributed by atoms with Crippen molar-refractivity contribution in [1.82, 2.24) is 14.7 Å². The van der Waals surface area contributed by atoms with Gasteiger partial charge in [0.2, 0.25) is 0 Å². The summed E-state index contributed by atoms with van der Waals surface area (Å²) in [6, 6.07) is 8.26. The van der Waals surface area contributed by atoms with Gasteiger partial charge in [-0.15, -0.1) is 0 Å². The van der Waals surface area contributed by atoms with Crippen molar-refractivity contribution < 1.29 is 9.90 Å². The van der Waals surface area contributed by atoms with E-state index in [9.17, 15) is 9.90 Å². The van der Waals surface area contributed by atoms with E-state index in [2.05, 4.69) is 31.2 Å². The summed E-state index contributed by atoms with van der Waals surface area (Å²) in [6.07, 6.45) is 3.34. The van der Waals surface area contributed by atoms with Crippen LogP contribution < -0.4 is 0 Å². The van der Waals surface area contributed by atoms with Crippen LogP contribution >= 0.6 is 0 Å². The lowest BCUT2D eigenvalue weighted by atomic mass is 9.95. The maximum atomic E-state index is 13.0. The van der Waals surface area contributed by atoms with E-state index in [4.69, 9.17) is 5.10 Å². The number of fused-ring (bicyclic) bond motifs is 1. The Kier molecular flexibility index (Phi) is 4.12. The van der Waals surface area contributed by atoms with Gasteiger partial charge in [0.05, 0.1) is 11.8 Å². The van der Waals surface area contributed by atoms with E-state index in [-0.39, 0.29) is 11.8 Å². The van der Waals surface area contributed by atoms with Crippen molar-refractivity contribution in [1.29, 1.82) is 0 Å². The lowest BCUT2D eigenvalue weighted by Crippen LogP contribution is -2.46. The molecule has 1 fully saturated rings. The average Bonchev–Trinajstić information content (AvgIpc) is 3.20. The van der Waals surface area contributed by atoms with E-state index in [1.807, 2.05) is 11.6 Å². The van der Waals surface area contributed by atoms with Gasteiger partial charge in [-0.3, -0.25) is 4.79 Å². The molecule has 2 unspecified atom stereocenters. The van der Waals surface area contributed by atoms with Crippen molar-refractivity contribution in [2.24, 2.45) is 5.92 Å². The number of aliphatic hydroxyl groups is 1. The number of aliphatic hydroxyl groups excluding tert-OH is 1. The minimum Gasteiger partial charge on any atom is -0.391 e. The summed E-state index contributed by atoms with van der Waals surface area (Å²) in [6.45, 7) is 5.21. The molecular formula is C20H25N3O2. The molecule has 2 aromatic rings. The summed E-state index contributed by atoms with van der Waals surface area (Å²) in [5.41, 5.74) is 5.06. The summed E-state index contributed by atoms with van der Waals surface area (Å²) in [5, 5.41) is 14.8. The summed E-state index contributed by atoms with van der Waals surface area (Å²) in [4.78, 5) is 14.8. The molecule has 1 N–H and O–H groups in total. The van der Waals surface area contributed by atoms with Crippen molar-refractivity contribution in [3.63, 3.8) is 0 Å². The van der Waals surface area contributed by atoms with Crippen molar-refractivity contribution in [3.8, 4) is 5.69 Å². The van der Waals surface area contributed by atoms with Gasteiger partial charge in [-0.2, -0.15) is 5.10 Å². The molecule has 2 aliphatic rings. The zero-order valence-corrected chi connectivity index (χ0v) is 14.9. The molecule has 5 heteroatoms. The molecule has 1 aromatic heterocycles. The predicted molar refractivity (Wildman–Crippen MR) is 96.0 cm³/mol. The molecule has 25 heavy (non-hydrogen) atoms. The Labute approximate surface area is 148 Å². The van der Waals surface area contributed by atoms with Gasteiger partial charge in [-0.1, -0.05) is 24.6 Å². The highest BCUT2D eigenvalue weighted by Gasteiger charge is 2.33. The number of rotatable bonds is 2. The number of aromatic nitrogens is 2. The molecule has 2 atom stereocenters. The van der Waals surface area contributed by atoms with Gasteiger partial charge in [-0.05, 0) is 50.7 Å². The average molecular weight is 339 g/mol. The molecule has 132 valence electrons. The van der Waals surface area contributed by atoms with Gasteiger partial charge in [0, 0.05) is 24.3 Å². The van der Waals surface area contributed by atoms with E-state index in [1.54, 1.807) is 4.90 Å². The molecule has 2 heterocycles. The number of hydrogen-bond acceptors (Lipinski definition) is 3. The minimum atomic E-state index is -0.440. The van der Waals surface area contributed by atoms with Crippen LogP contribution in [-0.2, 0) is 12.8 Å². The largest absolute Gasteiger partial charge is 0.391 e. The topological polar surface area (TPSA) is 58.4 Å². The first kappa shape index (κ1) is 16.3. The second-order valence-corrected chi connectivity index (χ2v) is 7.46. The zero-order valence-electron chi connectivity index (χ0n) is 14.9. The SMILES string of the molecule is Cc1ccc(-n2nc(C(=O)N3CCC(C)C(O)C3)c3c2CCC3)cc1. The van der Waals surface area contributed by atoms with E-state index >= 15 is 0 Å². The number of piperidine rings is 1. The number of benzene rings is 1. The first-order valence-corrected chi connectivity index (χ1v) is 9.19. The van der Waals surface area contributed by atoms with Crippen LogP contribution in [-0.4, -0.2) is 44.9 Å². The smallest absolute Gasteiger partial charge is 0.274 e. The molecule has 1 aliphatic carbocycles. The number of aryl methyl sites for hydroxylation is 1. The van der Waals surface area contributed by atoms with Crippen LogP contribution in [0.3, 0.4) is 0 Å². The zero-order chi connectivity index (χ0) is 17.6. The number of amides is 1. The molecule has 1 amide bonds. The Bertz CT molecular complexity index is 794. The highest BCUT2D eigenvalue weighted by atomic mass is 16.3. The Morgan fingerprint density at radius 1 is 1.24 bits per heavy atom. The fourth-order valence-corrected chi connectivity index (χ4v) is 3.89.